The summed E-state index contributed by atoms with van der Waals surface area (Å²) in [6.45, 7) is 0. The molecule has 2 aromatic rings. The molecule has 1 N–H and O–H groups in total. The minimum Gasteiger partial charge on any atom is -0.325 e. The van der Waals surface area contributed by atoms with E-state index in [1.165, 1.54) is 12.1 Å². The van der Waals surface area contributed by atoms with Crippen LogP contribution < -0.4 is 5.32 Å². The number of aryl methyl sites for hydroxylation is 1. The standard InChI is InChI=1S/C10H9F2N3/c1-15-3-2-13-10(15)14-9-5-7(11)4-8(12)6-9/h2-6H,1H3,(H,13,14). The number of anilines is 2. The van der Waals surface area contributed by atoms with Crippen molar-refractivity contribution >= 4 is 11.6 Å². The average Bonchev–Trinajstić information content (AvgIpc) is 2.50. The van der Waals surface area contributed by atoms with Crippen molar-refractivity contribution in [1.82, 2.24) is 9.55 Å². The molecule has 15 heavy (non-hydrogen) atoms. The van der Waals surface area contributed by atoms with Gasteiger partial charge >= 0.3 is 0 Å². The van der Waals surface area contributed by atoms with Gasteiger partial charge < -0.3 is 9.88 Å². The smallest absolute Gasteiger partial charge is 0.207 e. The molecule has 0 atom stereocenters. The van der Waals surface area contributed by atoms with Crippen molar-refractivity contribution in [3.8, 4) is 0 Å². The van der Waals surface area contributed by atoms with E-state index in [1.807, 2.05) is 0 Å². The summed E-state index contributed by atoms with van der Waals surface area (Å²) < 4.78 is 27.4. The zero-order valence-electron chi connectivity index (χ0n) is 8.04. The number of rotatable bonds is 2. The minimum absolute atomic E-state index is 0.335. The van der Waals surface area contributed by atoms with Crippen LogP contribution in [0.3, 0.4) is 0 Å². The lowest BCUT2D eigenvalue weighted by Gasteiger charge is -2.05. The van der Waals surface area contributed by atoms with Crippen LogP contribution in [-0.4, -0.2) is 9.55 Å². The van der Waals surface area contributed by atoms with Crippen molar-refractivity contribution in [3.05, 3.63) is 42.2 Å². The van der Waals surface area contributed by atoms with Crippen LogP contribution in [0.4, 0.5) is 20.4 Å². The molecule has 1 aromatic carbocycles. The van der Waals surface area contributed by atoms with Crippen LogP contribution in [0.1, 0.15) is 0 Å². The maximum absolute atomic E-state index is 12.8. The van der Waals surface area contributed by atoms with Gasteiger partial charge in [-0.2, -0.15) is 0 Å². The Morgan fingerprint density at radius 2 is 1.87 bits per heavy atom. The maximum atomic E-state index is 12.8. The van der Waals surface area contributed by atoms with Gasteiger partial charge in [-0.25, -0.2) is 13.8 Å². The maximum Gasteiger partial charge on any atom is 0.207 e. The van der Waals surface area contributed by atoms with E-state index < -0.39 is 11.6 Å². The quantitative estimate of drug-likeness (QED) is 0.823. The van der Waals surface area contributed by atoms with Gasteiger partial charge in [-0.1, -0.05) is 0 Å². The van der Waals surface area contributed by atoms with E-state index in [0.717, 1.165) is 6.07 Å². The molecule has 0 fully saturated rings. The number of hydrogen-bond donors (Lipinski definition) is 1. The normalized spacial score (nSPS) is 10.3. The monoisotopic (exact) mass is 209 g/mol. The molecule has 78 valence electrons. The lowest BCUT2D eigenvalue weighted by atomic mass is 10.3. The van der Waals surface area contributed by atoms with Crippen LogP contribution in [-0.2, 0) is 7.05 Å². The number of nitrogens with zero attached hydrogens (tertiary/aromatic N) is 2. The minimum atomic E-state index is -0.619. The van der Waals surface area contributed by atoms with Gasteiger partial charge in [0.25, 0.3) is 0 Å². The molecule has 2 rings (SSSR count). The van der Waals surface area contributed by atoms with E-state index in [0.29, 0.717) is 11.6 Å². The van der Waals surface area contributed by atoms with Gasteiger partial charge in [0, 0.05) is 31.2 Å². The number of aromatic nitrogens is 2. The molecule has 0 aliphatic heterocycles. The topological polar surface area (TPSA) is 29.9 Å². The van der Waals surface area contributed by atoms with Crippen molar-refractivity contribution in [2.75, 3.05) is 5.32 Å². The van der Waals surface area contributed by atoms with Gasteiger partial charge in [-0.05, 0) is 12.1 Å². The molecule has 0 saturated carbocycles. The number of benzene rings is 1. The van der Waals surface area contributed by atoms with Crippen molar-refractivity contribution < 1.29 is 8.78 Å². The number of nitrogens with one attached hydrogen (secondary N) is 1. The number of halogens is 2. The van der Waals surface area contributed by atoms with E-state index >= 15 is 0 Å². The fourth-order valence-electron chi connectivity index (χ4n) is 1.24. The Morgan fingerprint density at radius 3 is 2.40 bits per heavy atom. The lowest BCUT2D eigenvalue weighted by molar-refractivity contribution is 0.584. The first-order valence-corrected chi connectivity index (χ1v) is 4.35. The summed E-state index contributed by atoms with van der Waals surface area (Å²) in [5.74, 6) is -0.710. The first-order valence-electron chi connectivity index (χ1n) is 4.35. The second-order valence-electron chi connectivity index (χ2n) is 3.14. The fourth-order valence-corrected chi connectivity index (χ4v) is 1.24. The van der Waals surface area contributed by atoms with Crippen molar-refractivity contribution in [2.24, 2.45) is 7.05 Å². The Balaban J connectivity index is 2.28. The summed E-state index contributed by atoms with van der Waals surface area (Å²) in [7, 11) is 1.78. The van der Waals surface area contributed by atoms with Crippen LogP contribution in [0.5, 0.6) is 0 Å². The summed E-state index contributed by atoms with van der Waals surface area (Å²) in [5, 5.41) is 2.81. The molecule has 0 amide bonds. The molecule has 0 aliphatic carbocycles. The first kappa shape index (κ1) is 9.64. The molecule has 0 spiro atoms. The Morgan fingerprint density at radius 1 is 1.20 bits per heavy atom. The summed E-state index contributed by atoms with van der Waals surface area (Å²) >= 11 is 0. The highest BCUT2D eigenvalue weighted by Crippen LogP contribution is 2.16. The molecular formula is C10H9F2N3. The molecule has 1 heterocycles. The zero-order chi connectivity index (χ0) is 10.8. The van der Waals surface area contributed by atoms with Crippen molar-refractivity contribution in [2.45, 2.75) is 0 Å². The van der Waals surface area contributed by atoms with E-state index in [4.69, 9.17) is 0 Å². The predicted molar refractivity (Wildman–Crippen MR) is 52.8 cm³/mol. The number of hydrogen-bond acceptors (Lipinski definition) is 2. The van der Waals surface area contributed by atoms with Crippen LogP contribution in [0, 0.1) is 11.6 Å². The van der Waals surface area contributed by atoms with Gasteiger partial charge in [0.05, 0.1) is 0 Å². The van der Waals surface area contributed by atoms with Crippen LogP contribution in [0.25, 0.3) is 0 Å². The van der Waals surface area contributed by atoms with Crippen molar-refractivity contribution in [1.29, 1.82) is 0 Å². The van der Waals surface area contributed by atoms with E-state index in [9.17, 15) is 8.78 Å². The predicted octanol–water partition coefficient (Wildman–Crippen LogP) is 2.44. The van der Waals surface area contributed by atoms with Gasteiger partial charge in [-0.3, -0.25) is 0 Å². The van der Waals surface area contributed by atoms with Crippen LogP contribution in [0.2, 0.25) is 0 Å². The largest absolute Gasteiger partial charge is 0.325 e. The Bertz CT molecular complexity index is 459. The van der Waals surface area contributed by atoms with Crippen molar-refractivity contribution in [3.63, 3.8) is 0 Å². The summed E-state index contributed by atoms with van der Waals surface area (Å²) in [6, 6.07) is 3.24. The third kappa shape index (κ3) is 2.12. The molecular weight excluding hydrogens is 200 g/mol. The SMILES string of the molecule is Cn1ccnc1Nc1cc(F)cc(F)c1. The molecule has 0 aliphatic rings. The molecule has 3 nitrogen and oxygen atoms in total. The average molecular weight is 209 g/mol. The molecule has 0 radical (unpaired) electrons. The highest BCUT2D eigenvalue weighted by atomic mass is 19.1. The van der Waals surface area contributed by atoms with Gasteiger partial charge in [-0.15, -0.1) is 0 Å². The zero-order valence-corrected chi connectivity index (χ0v) is 8.04. The number of imidazole rings is 1. The van der Waals surface area contributed by atoms with E-state index in [-0.39, 0.29) is 0 Å². The molecule has 5 heteroatoms. The van der Waals surface area contributed by atoms with Gasteiger partial charge in [0.15, 0.2) is 0 Å². The highest BCUT2D eigenvalue weighted by Gasteiger charge is 2.03. The van der Waals surface area contributed by atoms with Crippen LogP contribution >= 0.6 is 0 Å². The summed E-state index contributed by atoms with van der Waals surface area (Å²) in [4.78, 5) is 3.98. The van der Waals surface area contributed by atoms with Crippen LogP contribution in [0.15, 0.2) is 30.6 Å². The summed E-state index contributed by atoms with van der Waals surface area (Å²) in [5.41, 5.74) is 0.335. The first-order chi connectivity index (χ1) is 7.15. The Labute approximate surface area is 85.4 Å². The third-order valence-corrected chi connectivity index (χ3v) is 1.94. The second kappa shape index (κ2) is 3.68. The molecule has 0 bridgehead atoms. The Kier molecular flexibility index (Phi) is 2.37. The molecule has 0 saturated heterocycles. The van der Waals surface area contributed by atoms with Gasteiger partial charge in [0.1, 0.15) is 11.6 Å². The fraction of sp³-hybridized carbons (Fsp3) is 0.100. The Hall–Kier alpha value is -1.91. The second-order valence-corrected chi connectivity index (χ2v) is 3.14. The highest BCUT2D eigenvalue weighted by molar-refractivity contribution is 5.53. The van der Waals surface area contributed by atoms with E-state index in [1.54, 1.807) is 24.0 Å². The summed E-state index contributed by atoms with van der Waals surface area (Å²) in [6.07, 6.45) is 3.33. The van der Waals surface area contributed by atoms with Gasteiger partial charge in [0.2, 0.25) is 5.95 Å². The third-order valence-electron chi connectivity index (χ3n) is 1.94. The lowest BCUT2D eigenvalue weighted by Crippen LogP contribution is -1.99. The molecule has 0 unspecified atom stereocenters. The molecule has 1 aromatic heterocycles. The van der Waals surface area contributed by atoms with E-state index in [2.05, 4.69) is 10.3 Å².